The minimum absolute atomic E-state index is 0.0301. The molecule has 0 saturated carbocycles. The third-order valence-corrected chi connectivity index (χ3v) is 2.83. The summed E-state index contributed by atoms with van der Waals surface area (Å²) in [6.45, 7) is 0. The fourth-order valence-electron chi connectivity index (χ4n) is 1.61. The van der Waals surface area contributed by atoms with Crippen LogP contribution < -0.4 is 0 Å². The van der Waals surface area contributed by atoms with Crippen LogP contribution in [0.1, 0.15) is 15.9 Å². The van der Waals surface area contributed by atoms with Gasteiger partial charge in [-0.25, -0.2) is 8.78 Å². The number of rotatable bonds is 3. The fraction of sp³-hybridized carbons (Fsp3) is 0. The van der Waals surface area contributed by atoms with E-state index in [9.17, 15) is 18.7 Å². The molecule has 0 unspecified atom stereocenters. The highest BCUT2D eigenvalue weighted by Crippen LogP contribution is 2.23. The average Bonchev–Trinajstić information content (AvgIpc) is 2.39. The summed E-state index contributed by atoms with van der Waals surface area (Å²) in [7, 11) is 0. The van der Waals surface area contributed by atoms with Crippen molar-refractivity contribution in [2.24, 2.45) is 0 Å². The lowest BCUT2D eigenvalue weighted by molar-refractivity contribution is 0.104. The van der Waals surface area contributed by atoms with Crippen LogP contribution in [0.25, 0.3) is 6.08 Å². The van der Waals surface area contributed by atoms with Gasteiger partial charge in [0.1, 0.15) is 17.4 Å². The Morgan fingerprint density at radius 2 is 1.90 bits per heavy atom. The van der Waals surface area contributed by atoms with E-state index in [0.717, 1.165) is 30.4 Å². The Labute approximate surface area is 118 Å². The van der Waals surface area contributed by atoms with Crippen LogP contribution in [0.3, 0.4) is 0 Å². The van der Waals surface area contributed by atoms with Crippen molar-refractivity contribution >= 4 is 23.5 Å². The first-order valence-corrected chi connectivity index (χ1v) is 6.01. The van der Waals surface area contributed by atoms with Gasteiger partial charge in [-0.15, -0.1) is 0 Å². The first-order valence-electron chi connectivity index (χ1n) is 5.63. The molecule has 2 nitrogen and oxygen atoms in total. The average molecular weight is 295 g/mol. The van der Waals surface area contributed by atoms with Crippen molar-refractivity contribution < 1.29 is 18.7 Å². The molecular weight excluding hydrogens is 286 g/mol. The molecule has 0 bridgehead atoms. The van der Waals surface area contributed by atoms with Gasteiger partial charge >= 0.3 is 0 Å². The molecule has 0 aliphatic heterocycles. The van der Waals surface area contributed by atoms with E-state index in [-0.39, 0.29) is 16.9 Å². The molecule has 0 saturated heterocycles. The number of halogens is 3. The lowest BCUT2D eigenvalue weighted by Crippen LogP contribution is -1.95. The molecule has 0 atom stereocenters. The smallest absolute Gasteiger partial charge is 0.189 e. The molecule has 5 heteroatoms. The van der Waals surface area contributed by atoms with Gasteiger partial charge in [-0.2, -0.15) is 0 Å². The number of hydrogen-bond acceptors (Lipinski definition) is 2. The van der Waals surface area contributed by atoms with Gasteiger partial charge in [-0.1, -0.05) is 11.6 Å². The first kappa shape index (κ1) is 14.2. The van der Waals surface area contributed by atoms with Gasteiger partial charge in [0.2, 0.25) is 0 Å². The van der Waals surface area contributed by atoms with E-state index in [2.05, 4.69) is 0 Å². The van der Waals surface area contributed by atoms with Crippen LogP contribution in [0, 0.1) is 11.6 Å². The molecule has 0 radical (unpaired) electrons. The zero-order valence-corrected chi connectivity index (χ0v) is 10.9. The van der Waals surface area contributed by atoms with E-state index in [1.165, 1.54) is 18.2 Å². The molecule has 2 aromatic carbocycles. The van der Waals surface area contributed by atoms with Crippen molar-refractivity contribution in [1.82, 2.24) is 0 Å². The zero-order valence-electron chi connectivity index (χ0n) is 10.1. The number of carbonyl (C=O) groups is 1. The van der Waals surface area contributed by atoms with Crippen molar-refractivity contribution in [3.8, 4) is 5.75 Å². The highest BCUT2D eigenvalue weighted by Gasteiger charge is 2.09. The van der Waals surface area contributed by atoms with E-state index < -0.39 is 17.4 Å². The van der Waals surface area contributed by atoms with E-state index in [4.69, 9.17) is 11.6 Å². The third-order valence-electron chi connectivity index (χ3n) is 2.60. The third kappa shape index (κ3) is 3.22. The van der Waals surface area contributed by atoms with Gasteiger partial charge in [-0.3, -0.25) is 4.79 Å². The van der Waals surface area contributed by atoms with E-state index >= 15 is 0 Å². The molecule has 0 amide bonds. The molecule has 0 aliphatic rings. The van der Waals surface area contributed by atoms with Crippen molar-refractivity contribution in [1.29, 1.82) is 0 Å². The van der Waals surface area contributed by atoms with Gasteiger partial charge < -0.3 is 5.11 Å². The molecule has 20 heavy (non-hydrogen) atoms. The van der Waals surface area contributed by atoms with Gasteiger partial charge in [0.05, 0.1) is 5.56 Å². The highest BCUT2D eigenvalue weighted by molar-refractivity contribution is 6.31. The minimum atomic E-state index is -0.643. The Bertz CT molecular complexity index is 696. The second-order valence-corrected chi connectivity index (χ2v) is 4.46. The summed E-state index contributed by atoms with van der Waals surface area (Å²) in [4.78, 5) is 11.8. The number of hydrogen-bond donors (Lipinski definition) is 1. The lowest BCUT2D eigenvalue weighted by atomic mass is 10.1. The SMILES string of the molecule is O=C(/C=C/c1cc(F)ccc1F)c1ccc(Cl)cc1O. The van der Waals surface area contributed by atoms with Crippen LogP contribution in [-0.2, 0) is 0 Å². The van der Waals surface area contributed by atoms with Crippen molar-refractivity contribution in [2.45, 2.75) is 0 Å². The predicted molar refractivity (Wildman–Crippen MR) is 72.8 cm³/mol. The van der Waals surface area contributed by atoms with Crippen LogP contribution >= 0.6 is 11.6 Å². The van der Waals surface area contributed by atoms with Crippen molar-refractivity contribution in [3.05, 3.63) is 70.3 Å². The van der Waals surface area contributed by atoms with Gasteiger partial charge in [-0.05, 0) is 48.6 Å². The van der Waals surface area contributed by atoms with Crippen LogP contribution in [0.15, 0.2) is 42.5 Å². The van der Waals surface area contributed by atoms with Crippen molar-refractivity contribution in [2.75, 3.05) is 0 Å². The Morgan fingerprint density at radius 1 is 1.15 bits per heavy atom. The number of ketones is 1. The van der Waals surface area contributed by atoms with Crippen LogP contribution in [0.5, 0.6) is 5.75 Å². The minimum Gasteiger partial charge on any atom is -0.507 e. The predicted octanol–water partition coefficient (Wildman–Crippen LogP) is 4.22. The number of carbonyl (C=O) groups excluding carboxylic acids is 1. The Kier molecular flexibility index (Phi) is 4.15. The van der Waals surface area contributed by atoms with Crippen LogP contribution in [0.2, 0.25) is 5.02 Å². The molecule has 0 spiro atoms. The molecule has 102 valence electrons. The lowest BCUT2D eigenvalue weighted by Gasteiger charge is -2.01. The molecule has 2 rings (SSSR count). The Morgan fingerprint density at radius 3 is 2.60 bits per heavy atom. The Hall–Kier alpha value is -2.20. The normalized spacial score (nSPS) is 10.9. The van der Waals surface area contributed by atoms with Gasteiger partial charge in [0, 0.05) is 10.6 Å². The van der Waals surface area contributed by atoms with E-state index in [1.807, 2.05) is 0 Å². The van der Waals surface area contributed by atoms with E-state index in [1.54, 1.807) is 0 Å². The summed E-state index contributed by atoms with van der Waals surface area (Å²) < 4.78 is 26.3. The van der Waals surface area contributed by atoms with Gasteiger partial charge in [0.25, 0.3) is 0 Å². The largest absolute Gasteiger partial charge is 0.507 e. The summed E-state index contributed by atoms with van der Waals surface area (Å²) in [5, 5.41) is 9.88. The summed E-state index contributed by atoms with van der Waals surface area (Å²) in [6.07, 6.45) is 2.20. The van der Waals surface area contributed by atoms with Crippen LogP contribution in [-0.4, -0.2) is 10.9 Å². The Balaban J connectivity index is 2.27. The number of allylic oxidation sites excluding steroid dienone is 1. The molecule has 2 aromatic rings. The monoisotopic (exact) mass is 294 g/mol. The summed E-state index contributed by atoms with van der Waals surface area (Å²) >= 11 is 5.65. The van der Waals surface area contributed by atoms with Gasteiger partial charge in [0.15, 0.2) is 5.78 Å². The maximum atomic E-state index is 13.4. The molecule has 0 heterocycles. The number of benzene rings is 2. The number of phenolic OH excluding ortho intramolecular Hbond substituents is 1. The molecule has 1 N–H and O–H groups in total. The zero-order chi connectivity index (χ0) is 14.7. The second kappa shape index (κ2) is 5.84. The highest BCUT2D eigenvalue weighted by atomic mass is 35.5. The topological polar surface area (TPSA) is 37.3 Å². The maximum absolute atomic E-state index is 13.4. The molecule has 0 aliphatic carbocycles. The summed E-state index contributed by atoms with van der Waals surface area (Å²) in [5.74, 6) is -2.06. The molecule has 0 fully saturated rings. The number of aromatic hydroxyl groups is 1. The quantitative estimate of drug-likeness (QED) is 0.680. The number of phenols is 1. The first-order chi connectivity index (χ1) is 9.47. The maximum Gasteiger partial charge on any atom is 0.189 e. The van der Waals surface area contributed by atoms with E-state index in [0.29, 0.717) is 5.02 Å². The standard InChI is InChI=1S/C15H9ClF2O2/c16-10-2-4-12(15(20)8-10)14(19)6-1-9-7-11(17)3-5-13(9)18/h1-8,20H/b6-1+. The molecule has 0 aromatic heterocycles. The molecular formula is C15H9ClF2O2. The fourth-order valence-corrected chi connectivity index (χ4v) is 1.78. The van der Waals surface area contributed by atoms with Crippen molar-refractivity contribution in [3.63, 3.8) is 0 Å². The summed E-state index contributed by atoms with van der Waals surface area (Å²) in [5.41, 5.74) is -0.0192. The van der Waals surface area contributed by atoms with Crippen LogP contribution in [0.4, 0.5) is 8.78 Å². The second-order valence-electron chi connectivity index (χ2n) is 4.02. The summed E-state index contributed by atoms with van der Waals surface area (Å²) in [6, 6.07) is 6.96.